The molecule has 2 N–H and O–H groups in total. The van der Waals surface area contributed by atoms with Gasteiger partial charge in [0.2, 0.25) is 0 Å². The number of amides is 2. The van der Waals surface area contributed by atoms with Crippen molar-refractivity contribution in [3.8, 4) is 0 Å². The van der Waals surface area contributed by atoms with Gasteiger partial charge >= 0.3 is 11.8 Å². The predicted octanol–water partition coefficient (Wildman–Crippen LogP) is 0.908. The summed E-state index contributed by atoms with van der Waals surface area (Å²) in [7, 11) is 0. The average Bonchev–Trinajstić information content (AvgIpc) is 3.31. The number of nitrogens with two attached hydrogens (primary N) is 1. The third kappa shape index (κ3) is 2.78. The van der Waals surface area contributed by atoms with Gasteiger partial charge in [-0.25, -0.2) is 0 Å². The zero-order valence-corrected chi connectivity index (χ0v) is 12.2. The second kappa shape index (κ2) is 5.48. The van der Waals surface area contributed by atoms with Crippen molar-refractivity contribution in [2.45, 2.75) is 37.9 Å². The maximum atomic E-state index is 12.2. The monoisotopic (exact) mass is 287 g/mol. The Morgan fingerprint density at radius 2 is 1.81 bits per heavy atom. The number of carbonyl (C=O) groups is 2. The first-order valence-corrected chi connectivity index (χ1v) is 7.49. The summed E-state index contributed by atoms with van der Waals surface area (Å²) in [5, 5.41) is 0. The van der Waals surface area contributed by atoms with Gasteiger partial charge < -0.3 is 10.6 Å². The second-order valence-electron chi connectivity index (χ2n) is 6.03. The number of primary amides is 1. The van der Waals surface area contributed by atoms with Crippen LogP contribution in [0.5, 0.6) is 0 Å². The topological polar surface area (TPSA) is 66.6 Å². The van der Waals surface area contributed by atoms with Gasteiger partial charge in [-0.05, 0) is 25.3 Å². The summed E-state index contributed by atoms with van der Waals surface area (Å²) in [5.74, 6) is -1.45. The Hall–Kier alpha value is -1.88. The fourth-order valence-corrected chi connectivity index (χ4v) is 3.24. The van der Waals surface area contributed by atoms with Crippen molar-refractivity contribution in [3.05, 3.63) is 35.9 Å². The highest BCUT2D eigenvalue weighted by Gasteiger charge is 2.42. The quantitative estimate of drug-likeness (QED) is 0.822. The summed E-state index contributed by atoms with van der Waals surface area (Å²) < 4.78 is 0. The van der Waals surface area contributed by atoms with E-state index in [1.165, 1.54) is 12.8 Å². The molecule has 1 aromatic rings. The summed E-state index contributed by atoms with van der Waals surface area (Å²) in [5.41, 5.74) is 6.28. The minimum atomic E-state index is -0.872. The molecule has 5 nitrogen and oxygen atoms in total. The van der Waals surface area contributed by atoms with Crippen LogP contribution in [0.3, 0.4) is 0 Å². The largest absolute Gasteiger partial charge is 0.361 e. The van der Waals surface area contributed by atoms with Crippen molar-refractivity contribution < 1.29 is 9.59 Å². The van der Waals surface area contributed by atoms with Crippen LogP contribution in [-0.2, 0) is 9.59 Å². The van der Waals surface area contributed by atoms with E-state index in [4.69, 9.17) is 5.73 Å². The average molecular weight is 287 g/mol. The fraction of sp³-hybridized carbons (Fsp3) is 0.500. The van der Waals surface area contributed by atoms with E-state index in [1.54, 1.807) is 4.90 Å². The molecule has 1 saturated heterocycles. The number of benzene rings is 1. The summed E-state index contributed by atoms with van der Waals surface area (Å²) >= 11 is 0. The lowest BCUT2D eigenvalue weighted by Gasteiger charge is -2.45. The number of rotatable bonds is 2. The van der Waals surface area contributed by atoms with Gasteiger partial charge in [0.1, 0.15) is 0 Å². The molecule has 0 radical (unpaired) electrons. The van der Waals surface area contributed by atoms with Crippen LogP contribution in [0.4, 0.5) is 0 Å². The fourth-order valence-electron chi connectivity index (χ4n) is 3.24. The van der Waals surface area contributed by atoms with E-state index in [1.807, 2.05) is 30.3 Å². The third-order valence-corrected chi connectivity index (χ3v) is 4.46. The van der Waals surface area contributed by atoms with Crippen LogP contribution in [0, 0.1) is 0 Å². The summed E-state index contributed by atoms with van der Waals surface area (Å²) in [6.07, 6.45) is 2.46. The zero-order valence-electron chi connectivity index (χ0n) is 12.2. The van der Waals surface area contributed by atoms with E-state index in [2.05, 4.69) is 11.8 Å². The molecule has 2 unspecified atom stereocenters. The Morgan fingerprint density at radius 3 is 2.38 bits per heavy atom. The normalized spacial score (nSPS) is 26.6. The van der Waals surface area contributed by atoms with Crippen LogP contribution >= 0.6 is 0 Å². The smallest absolute Gasteiger partial charge is 0.312 e. The molecule has 1 aromatic carbocycles. The first-order valence-electron chi connectivity index (χ1n) is 7.49. The molecule has 0 spiro atoms. The van der Waals surface area contributed by atoms with Crippen molar-refractivity contribution in [1.82, 2.24) is 9.80 Å². The molecular weight excluding hydrogens is 266 g/mol. The minimum absolute atomic E-state index is 0.0944. The molecular formula is C16H21N3O2. The van der Waals surface area contributed by atoms with Crippen LogP contribution in [-0.4, -0.2) is 46.8 Å². The summed E-state index contributed by atoms with van der Waals surface area (Å²) in [4.78, 5) is 27.6. The van der Waals surface area contributed by atoms with Gasteiger partial charge in [0.15, 0.2) is 0 Å². The minimum Gasteiger partial charge on any atom is -0.361 e. The number of hydrogen-bond acceptors (Lipinski definition) is 3. The predicted molar refractivity (Wildman–Crippen MR) is 79.3 cm³/mol. The van der Waals surface area contributed by atoms with Crippen LogP contribution in [0.1, 0.15) is 31.4 Å². The van der Waals surface area contributed by atoms with Crippen molar-refractivity contribution in [2.75, 3.05) is 13.1 Å². The molecule has 0 aromatic heterocycles. The summed E-state index contributed by atoms with van der Waals surface area (Å²) in [6.45, 7) is 3.44. The maximum Gasteiger partial charge on any atom is 0.312 e. The van der Waals surface area contributed by atoms with E-state index in [0.29, 0.717) is 12.6 Å². The highest BCUT2D eigenvalue weighted by atomic mass is 16.2. The molecule has 5 heteroatoms. The molecule has 21 heavy (non-hydrogen) atoms. The summed E-state index contributed by atoms with van der Waals surface area (Å²) in [6, 6.07) is 10.7. The lowest BCUT2D eigenvalue weighted by Crippen LogP contribution is -2.57. The van der Waals surface area contributed by atoms with Crippen molar-refractivity contribution >= 4 is 11.8 Å². The van der Waals surface area contributed by atoms with E-state index >= 15 is 0 Å². The van der Waals surface area contributed by atoms with Gasteiger partial charge in [0.05, 0.1) is 6.04 Å². The van der Waals surface area contributed by atoms with Gasteiger partial charge in [0.25, 0.3) is 0 Å². The van der Waals surface area contributed by atoms with E-state index < -0.39 is 11.8 Å². The van der Waals surface area contributed by atoms with Gasteiger partial charge in [-0.1, -0.05) is 30.3 Å². The number of hydrogen-bond donors (Lipinski definition) is 1. The third-order valence-electron chi connectivity index (χ3n) is 4.46. The lowest BCUT2D eigenvalue weighted by atomic mass is 9.99. The molecule has 0 bridgehead atoms. The first kappa shape index (κ1) is 14.1. The van der Waals surface area contributed by atoms with Crippen molar-refractivity contribution in [1.29, 1.82) is 0 Å². The molecule has 1 aliphatic carbocycles. The SMILES string of the molecule is CC1CN(C(=O)C(N)=O)C(c2ccccc2)CN1C1CC1. The molecule has 3 rings (SSSR count). The van der Waals surface area contributed by atoms with E-state index in [9.17, 15) is 9.59 Å². The Balaban J connectivity index is 1.89. The Labute approximate surface area is 124 Å². The van der Waals surface area contributed by atoms with Crippen LogP contribution in [0.25, 0.3) is 0 Å². The van der Waals surface area contributed by atoms with Gasteiger partial charge in [0, 0.05) is 25.2 Å². The molecule has 1 saturated carbocycles. The Kier molecular flexibility index (Phi) is 3.68. The molecule has 2 amide bonds. The van der Waals surface area contributed by atoms with Crippen LogP contribution in [0.2, 0.25) is 0 Å². The molecule has 112 valence electrons. The zero-order chi connectivity index (χ0) is 15.0. The maximum absolute atomic E-state index is 12.2. The highest BCUT2D eigenvalue weighted by molar-refractivity contribution is 6.34. The lowest BCUT2D eigenvalue weighted by molar-refractivity contribution is -0.149. The Morgan fingerprint density at radius 1 is 1.14 bits per heavy atom. The van der Waals surface area contributed by atoms with Gasteiger partial charge in [-0.15, -0.1) is 0 Å². The van der Waals surface area contributed by atoms with E-state index in [0.717, 1.165) is 12.1 Å². The van der Waals surface area contributed by atoms with Crippen LogP contribution in [0.15, 0.2) is 30.3 Å². The van der Waals surface area contributed by atoms with Crippen molar-refractivity contribution in [3.63, 3.8) is 0 Å². The standard InChI is InChI=1S/C16H21N3O2/c1-11-9-19(16(21)15(17)20)14(10-18(11)13-7-8-13)12-5-3-2-4-6-12/h2-6,11,13-14H,7-10H2,1H3,(H2,17,20). The van der Waals surface area contributed by atoms with Crippen LogP contribution < -0.4 is 5.73 Å². The molecule has 2 atom stereocenters. The number of piperazine rings is 1. The molecule has 1 aliphatic heterocycles. The highest BCUT2D eigenvalue weighted by Crippen LogP contribution is 2.35. The molecule has 2 aliphatic rings. The molecule has 2 fully saturated rings. The Bertz CT molecular complexity index is 542. The van der Waals surface area contributed by atoms with Gasteiger partial charge in [-0.2, -0.15) is 0 Å². The van der Waals surface area contributed by atoms with Crippen molar-refractivity contribution in [2.24, 2.45) is 5.73 Å². The number of carbonyl (C=O) groups excluding carboxylic acids is 2. The van der Waals surface area contributed by atoms with E-state index in [-0.39, 0.29) is 12.1 Å². The first-order chi connectivity index (χ1) is 10.1. The second-order valence-corrected chi connectivity index (χ2v) is 6.03. The number of nitrogens with zero attached hydrogens (tertiary/aromatic N) is 2. The van der Waals surface area contributed by atoms with Gasteiger partial charge in [-0.3, -0.25) is 14.5 Å². The molecule has 1 heterocycles.